The lowest BCUT2D eigenvalue weighted by Crippen LogP contribution is -2.49. The van der Waals surface area contributed by atoms with E-state index in [1.54, 1.807) is 25.3 Å². The van der Waals surface area contributed by atoms with Crippen molar-refractivity contribution in [3.8, 4) is 5.75 Å². The highest BCUT2D eigenvalue weighted by atomic mass is 35.5. The van der Waals surface area contributed by atoms with Crippen molar-refractivity contribution >= 4 is 34.8 Å². The second-order valence-electron chi connectivity index (χ2n) is 6.06. The molecule has 1 heterocycles. The second kappa shape index (κ2) is 7.54. The van der Waals surface area contributed by atoms with Crippen molar-refractivity contribution in [3.05, 3.63) is 57.6 Å². The summed E-state index contributed by atoms with van der Waals surface area (Å²) >= 11 is 12.3. The summed E-state index contributed by atoms with van der Waals surface area (Å²) in [7, 11) is 1.56. The zero-order valence-corrected chi connectivity index (χ0v) is 15.8. The van der Waals surface area contributed by atoms with Crippen LogP contribution in [0.15, 0.2) is 36.4 Å². The van der Waals surface area contributed by atoms with Crippen LogP contribution in [0.3, 0.4) is 0 Å². The Morgan fingerprint density at radius 2 is 1.76 bits per heavy atom. The Balaban J connectivity index is 1.68. The van der Waals surface area contributed by atoms with Crippen LogP contribution in [-0.2, 0) is 0 Å². The first-order valence-electron chi connectivity index (χ1n) is 8.13. The van der Waals surface area contributed by atoms with Crippen molar-refractivity contribution in [3.63, 3.8) is 0 Å². The molecule has 1 amide bonds. The first kappa shape index (κ1) is 17.9. The van der Waals surface area contributed by atoms with E-state index in [9.17, 15) is 4.79 Å². The Kier molecular flexibility index (Phi) is 5.40. The molecule has 0 spiro atoms. The van der Waals surface area contributed by atoms with Crippen LogP contribution in [0.2, 0.25) is 10.0 Å². The van der Waals surface area contributed by atoms with Gasteiger partial charge in [0.2, 0.25) is 0 Å². The first-order valence-corrected chi connectivity index (χ1v) is 8.89. The number of aryl methyl sites for hydroxylation is 1. The third-order valence-corrected chi connectivity index (χ3v) is 5.01. The molecule has 1 saturated heterocycles. The van der Waals surface area contributed by atoms with Crippen molar-refractivity contribution in [1.29, 1.82) is 0 Å². The van der Waals surface area contributed by atoms with Gasteiger partial charge in [0.15, 0.2) is 0 Å². The van der Waals surface area contributed by atoms with Crippen LogP contribution in [0.1, 0.15) is 15.9 Å². The molecule has 2 aromatic carbocycles. The van der Waals surface area contributed by atoms with Crippen LogP contribution in [0.5, 0.6) is 5.75 Å². The van der Waals surface area contributed by atoms with E-state index in [1.165, 1.54) is 5.56 Å². The van der Waals surface area contributed by atoms with E-state index in [2.05, 4.69) is 11.8 Å². The van der Waals surface area contributed by atoms with E-state index in [1.807, 2.05) is 23.1 Å². The van der Waals surface area contributed by atoms with Crippen LogP contribution >= 0.6 is 23.2 Å². The molecule has 1 fully saturated rings. The Labute approximate surface area is 157 Å². The zero-order valence-electron chi connectivity index (χ0n) is 14.3. The number of hydrogen-bond donors (Lipinski definition) is 0. The number of carbonyl (C=O) groups excluding carboxylic acids is 1. The number of methoxy groups -OCH3 is 1. The van der Waals surface area contributed by atoms with E-state index in [0.717, 1.165) is 23.8 Å². The maximum atomic E-state index is 12.7. The molecule has 0 aliphatic carbocycles. The molecule has 1 aliphatic rings. The fourth-order valence-corrected chi connectivity index (χ4v) is 3.48. The number of piperazine rings is 1. The summed E-state index contributed by atoms with van der Waals surface area (Å²) in [4.78, 5) is 16.8. The van der Waals surface area contributed by atoms with Gasteiger partial charge in [0.05, 0.1) is 12.1 Å². The molecule has 3 rings (SSSR count). The van der Waals surface area contributed by atoms with E-state index in [-0.39, 0.29) is 5.91 Å². The molecule has 0 saturated carbocycles. The minimum atomic E-state index is -0.00739. The lowest BCUT2D eigenvalue weighted by molar-refractivity contribution is 0.0746. The Morgan fingerprint density at radius 3 is 2.40 bits per heavy atom. The standard InChI is InChI=1S/C19H20Cl2N2O2/c1-13-3-5-15(20)12-17(13)22-7-9-23(10-8-22)19(24)14-4-6-18(25-2)16(21)11-14/h3-6,11-12H,7-10H2,1-2H3. The number of ether oxygens (including phenoxy) is 1. The molecular weight excluding hydrogens is 359 g/mol. The summed E-state index contributed by atoms with van der Waals surface area (Å²) in [6.45, 7) is 4.94. The van der Waals surface area contributed by atoms with E-state index in [0.29, 0.717) is 29.4 Å². The van der Waals surface area contributed by atoms with Gasteiger partial charge in [-0.2, -0.15) is 0 Å². The van der Waals surface area contributed by atoms with Crippen LogP contribution in [-0.4, -0.2) is 44.1 Å². The summed E-state index contributed by atoms with van der Waals surface area (Å²) in [5.74, 6) is 0.562. The molecule has 1 aliphatic heterocycles. The number of carbonyl (C=O) groups is 1. The quantitative estimate of drug-likeness (QED) is 0.799. The molecule has 0 N–H and O–H groups in total. The van der Waals surface area contributed by atoms with Crippen LogP contribution < -0.4 is 9.64 Å². The molecule has 25 heavy (non-hydrogen) atoms. The van der Waals surface area contributed by atoms with Gasteiger partial charge in [0.25, 0.3) is 5.91 Å². The minimum Gasteiger partial charge on any atom is -0.495 e. The van der Waals surface area contributed by atoms with Crippen molar-refractivity contribution in [2.45, 2.75) is 6.92 Å². The van der Waals surface area contributed by atoms with Gasteiger partial charge < -0.3 is 14.5 Å². The van der Waals surface area contributed by atoms with Gasteiger partial charge in [-0.1, -0.05) is 29.3 Å². The van der Waals surface area contributed by atoms with Gasteiger partial charge in [-0.15, -0.1) is 0 Å². The normalized spacial score (nSPS) is 14.6. The maximum absolute atomic E-state index is 12.7. The molecule has 0 bridgehead atoms. The summed E-state index contributed by atoms with van der Waals surface area (Å²) in [6, 6.07) is 11.0. The van der Waals surface area contributed by atoms with Crippen molar-refractivity contribution in [1.82, 2.24) is 4.90 Å². The van der Waals surface area contributed by atoms with Gasteiger partial charge in [-0.25, -0.2) is 0 Å². The second-order valence-corrected chi connectivity index (χ2v) is 6.90. The summed E-state index contributed by atoms with van der Waals surface area (Å²) in [6.07, 6.45) is 0. The zero-order chi connectivity index (χ0) is 18.0. The number of amides is 1. The van der Waals surface area contributed by atoms with E-state index in [4.69, 9.17) is 27.9 Å². The Morgan fingerprint density at radius 1 is 1.04 bits per heavy atom. The maximum Gasteiger partial charge on any atom is 0.254 e. The average molecular weight is 379 g/mol. The predicted octanol–water partition coefficient (Wildman–Crippen LogP) is 4.27. The monoisotopic (exact) mass is 378 g/mol. The topological polar surface area (TPSA) is 32.8 Å². The predicted molar refractivity (Wildman–Crippen MR) is 102 cm³/mol. The van der Waals surface area contributed by atoms with Gasteiger partial charge in [0.1, 0.15) is 5.75 Å². The fourth-order valence-electron chi connectivity index (χ4n) is 3.06. The minimum absolute atomic E-state index is 0.00739. The smallest absolute Gasteiger partial charge is 0.254 e. The third-order valence-electron chi connectivity index (χ3n) is 4.48. The van der Waals surface area contributed by atoms with Crippen LogP contribution in [0.4, 0.5) is 5.69 Å². The number of anilines is 1. The summed E-state index contributed by atoms with van der Waals surface area (Å²) in [5, 5.41) is 1.17. The van der Waals surface area contributed by atoms with Crippen molar-refractivity contribution in [2.24, 2.45) is 0 Å². The molecule has 2 aromatic rings. The number of nitrogens with zero attached hydrogens (tertiary/aromatic N) is 2. The molecule has 4 nitrogen and oxygen atoms in total. The van der Waals surface area contributed by atoms with Gasteiger partial charge in [-0.05, 0) is 42.8 Å². The Bertz CT molecular complexity index is 787. The fraction of sp³-hybridized carbons (Fsp3) is 0.316. The number of hydrogen-bond acceptors (Lipinski definition) is 3. The SMILES string of the molecule is COc1ccc(C(=O)N2CCN(c3cc(Cl)ccc3C)CC2)cc1Cl. The van der Waals surface area contributed by atoms with E-state index < -0.39 is 0 Å². The number of halogens is 2. The molecule has 0 unspecified atom stereocenters. The highest BCUT2D eigenvalue weighted by Crippen LogP contribution is 2.27. The molecule has 0 atom stereocenters. The molecule has 0 radical (unpaired) electrons. The lowest BCUT2D eigenvalue weighted by Gasteiger charge is -2.37. The highest BCUT2D eigenvalue weighted by molar-refractivity contribution is 6.32. The number of benzene rings is 2. The summed E-state index contributed by atoms with van der Waals surface area (Å²) < 4.78 is 5.13. The lowest BCUT2D eigenvalue weighted by atomic mass is 10.1. The summed E-state index contributed by atoms with van der Waals surface area (Å²) in [5.41, 5.74) is 2.90. The van der Waals surface area contributed by atoms with Crippen molar-refractivity contribution in [2.75, 3.05) is 38.2 Å². The van der Waals surface area contributed by atoms with E-state index >= 15 is 0 Å². The van der Waals surface area contributed by atoms with Crippen LogP contribution in [0.25, 0.3) is 0 Å². The molecule has 132 valence electrons. The van der Waals surface area contributed by atoms with Gasteiger partial charge >= 0.3 is 0 Å². The van der Waals surface area contributed by atoms with Crippen molar-refractivity contribution < 1.29 is 9.53 Å². The first-order chi connectivity index (χ1) is 12.0. The van der Waals surface area contributed by atoms with Gasteiger partial charge in [0, 0.05) is 42.5 Å². The van der Waals surface area contributed by atoms with Gasteiger partial charge in [-0.3, -0.25) is 4.79 Å². The third kappa shape index (κ3) is 3.86. The largest absolute Gasteiger partial charge is 0.495 e. The molecular formula is C19H20Cl2N2O2. The molecule has 0 aromatic heterocycles. The molecule has 6 heteroatoms. The number of rotatable bonds is 3. The van der Waals surface area contributed by atoms with Crippen LogP contribution in [0, 0.1) is 6.92 Å². The average Bonchev–Trinajstić information content (AvgIpc) is 2.63. The Hall–Kier alpha value is -1.91. The highest BCUT2D eigenvalue weighted by Gasteiger charge is 2.23.